The van der Waals surface area contributed by atoms with E-state index in [4.69, 9.17) is 4.74 Å². The van der Waals surface area contributed by atoms with Crippen LogP contribution in [0.3, 0.4) is 0 Å². The van der Waals surface area contributed by atoms with E-state index in [9.17, 15) is 0 Å². The number of benzene rings is 1. The molecule has 0 bridgehead atoms. The van der Waals surface area contributed by atoms with Crippen LogP contribution in [0.5, 0.6) is 5.75 Å². The number of aromatic amines is 1. The van der Waals surface area contributed by atoms with E-state index in [1.54, 1.807) is 7.11 Å². The van der Waals surface area contributed by atoms with Gasteiger partial charge >= 0.3 is 0 Å². The summed E-state index contributed by atoms with van der Waals surface area (Å²) in [6, 6.07) is 12.0. The highest BCUT2D eigenvalue weighted by Gasteiger charge is 1.91. The van der Waals surface area contributed by atoms with E-state index in [1.807, 2.05) is 48.8 Å². The van der Waals surface area contributed by atoms with E-state index in [-0.39, 0.29) is 0 Å². The average Bonchev–Trinajstić information content (AvgIpc) is 2.38. The number of rotatable bonds is 3. The summed E-state index contributed by atoms with van der Waals surface area (Å²) >= 11 is 0. The summed E-state index contributed by atoms with van der Waals surface area (Å²) in [4.78, 5) is 3.00. The minimum atomic E-state index is 0.881. The zero-order valence-corrected chi connectivity index (χ0v) is 9.18. The second-order valence-electron chi connectivity index (χ2n) is 3.44. The van der Waals surface area contributed by atoms with Crippen LogP contribution in [0.15, 0.2) is 48.8 Å². The fraction of sp³-hybridized carbons (Fsp3) is 0.0714. The van der Waals surface area contributed by atoms with Gasteiger partial charge in [-0.25, -0.2) is 4.98 Å². The lowest BCUT2D eigenvalue weighted by atomic mass is 10.1. The van der Waals surface area contributed by atoms with Crippen molar-refractivity contribution < 1.29 is 9.72 Å². The topological polar surface area (TPSA) is 23.4 Å². The van der Waals surface area contributed by atoms with Crippen molar-refractivity contribution in [2.75, 3.05) is 7.11 Å². The van der Waals surface area contributed by atoms with E-state index in [1.165, 1.54) is 5.56 Å². The normalized spacial score (nSPS) is 10.6. The molecule has 0 saturated heterocycles. The largest absolute Gasteiger partial charge is 0.497 e. The molecule has 1 aromatic heterocycles. The average molecular weight is 212 g/mol. The molecule has 0 amide bonds. The molecule has 0 aliphatic carbocycles. The number of aromatic nitrogens is 1. The molecule has 0 radical (unpaired) electrons. The van der Waals surface area contributed by atoms with Crippen LogP contribution in [-0.2, 0) is 0 Å². The Kier molecular flexibility index (Phi) is 3.34. The van der Waals surface area contributed by atoms with Gasteiger partial charge in [-0.3, -0.25) is 0 Å². The smallest absolute Gasteiger partial charge is 0.167 e. The molecule has 0 fully saturated rings. The number of methoxy groups -OCH3 is 1. The molecular weight excluding hydrogens is 198 g/mol. The van der Waals surface area contributed by atoms with Crippen LogP contribution < -0.4 is 9.72 Å². The standard InChI is InChI=1S/C14H13NO/c1-16-14-6-4-12(5-7-14)2-3-13-8-10-15-11-9-13/h2-11H,1H3/p+1/b3-2-. The molecule has 16 heavy (non-hydrogen) atoms. The van der Waals surface area contributed by atoms with Crippen LogP contribution in [0.25, 0.3) is 12.2 Å². The van der Waals surface area contributed by atoms with Crippen molar-refractivity contribution in [2.45, 2.75) is 0 Å². The molecule has 0 aliphatic heterocycles. The van der Waals surface area contributed by atoms with Crippen molar-refractivity contribution >= 4 is 12.2 Å². The monoisotopic (exact) mass is 212 g/mol. The predicted molar refractivity (Wildman–Crippen MR) is 64.9 cm³/mol. The lowest BCUT2D eigenvalue weighted by molar-refractivity contribution is -0.378. The van der Waals surface area contributed by atoms with Gasteiger partial charge in [-0.2, -0.15) is 0 Å². The molecule has 0 aliphatic rings. The molecule has 2 nitrogen and oxygen atoms in total. The van der Waals surface area contributed by atoms with E-state index in [0.29, 0.717) is 0 Å². The van der Waals surface area contributed by atoms with Gasteiger partial charge in [0.1, 0.15) is 5.75 Å². The Hall–Kier alpha value is -2.09. The molecule has 1 aromatic carbocycles. The van der Waals surface area contributed by atoms with Crippen molar-refractivity contribution in [1.29, 1.82) is 0 Å². The van der Waals surface area contributed by atoms with Crippen LogP contribution in [0, 0.1) is 0 Å². The Balaban J connectivity index is 2.12. The fourth-order valence-corrected chi connectivity index (χ4v) is 1.42. The van der Waals surface area contributed by atoms with E-state index >= 15 is 0 Å². The van der Waals surface area contributed by atoms with Crippen molar-refractivity contribution in [3.63, 3.8) is 0 Å². The molecule has 0 unspecified atom stereocenters. The van der Waals surface area contributed by atoms with Crippen LogP contribution in [0.1, 0.15) is 11.1 Å². The first-order valence-corrected chi connectivity index (χ1v) is 5.17. The minimum Gasteiger partial charge on any atom is -0.497 e. The van der Waals surface area contributed by atoms with Gasteiger partial charge in [0.2, 0.25) is 0 Å². The summed E-state index contributed by atoms with van der Waals surface area (Å²) in [7, 11) is 1.67. The van der Waals surface area contributed by atoms with Crippen molar-refractivity contribution in [3.05, 3.63) is 59.9 Å². The molecule has 80 valence electrons. The maximum Gasteiger partial charge on any atom is 0.167 e. The summed E-state index contributed by atoms with van der Waals surface area (Å²) in [6.07, 6.45) is 7.98. The number of H-pyrrole nitrogens is 1. The third-order valence-electron chi connectivity index (χ3n) is 2.33. The highest BCUT2D eigenvalue weighted by Crippen LogP contribution is 2.13. The lowest BCUT2D eigenvalue weighted by Gasteiger charge is -1.98. The Labute approximate surface area is 95.2 Å². The number of hydrogen-bond donors (Lipinski definition) is 0. The molecule has 0 atom stereocenters. The maximum absolute atomic E-state index is 5.10. The SMILES string of the molecule is COc1ccc(/C=C\c2cc[nH+]cc2)cc1. The van der Waals surface area contributed by atoms with Gasteiger partial charge in [-0.15, -0.1) is 0 Å². The van der Waals surface area contributed by atoms with Gasteiger partial charge in [0.15, 0.2) is 12.4 Å². The van der Waals surface area contributed by atoms with Crippen molar-refractivity contribution in [2.24, 2.45) is 0 Å². The molecule has 0 spiro atoms. The third kappa shape index (κ3) is 2.70. The summed E-state index contributed by atoms with van der Waals surface area (Å²) in [5, 5.41) is 0. The van der Waals surface area contributed by atoms with Gasteiger partial charge in [0, 0.05) is 12.1 Å². The van der Waals surface area contributed by atoms with Crippen LogP contribution in [0.4, 0.5) is 0 Å². The van der Waals surface area contributed by atoms with Crippen LogP contribution in [-0.4, -0.2) is 7.11 Å². The van der Waals surface area contributed by atoms with E-state index in [0.717, 1.165) is 11.3 Å². The van der Waals surface area contributed by atoms with E-state index in [2.05, 4.69) is 17.1 Å². The zero-order valence-electron chi connectivity index (χ0n) is 9.18. The predicted octanol–water partition coefficient (Wildman–Crippen LogP) is 2.68. The van der Waals surface area contributed by atoms with Gasteiger partial charge in [-0.1, -0.05) is 24.3 Å². The Morgan fingerprint density at radius 1 is 0.875 bits per heavy atom. The summed E-state index contributed by atoms with van der Waals surface area (Å²) in [5.74, 6) is 0.881. The van der Waals surface area contributed by atoms with Crippen molar-refractivity contribution in [3.8, 4) is 5.75 Å². The zero-order chi connectivity index (χ0) is 11.2. The lowest BCUT2D eigenvalue weighted by Crippen LogP contribution is -1.96. The molecule has 0 saturated carbocycles. The summed E-state index contributed by atoms with van der Waals surface area (Å²) < 4.78 is 5.10. The summed E-state index contributed by atoms with van der Waals surface area (Å²) in [6.45, 7) is 0. The first-order chi connectivity index (χ1) is 7.88. The first-order valence-electron chi connectivity index (χ1n) is 5.17. The molecule has 2 rings (SSSR count). The number of ether oxygens (including phenoxy) is 1. The van der Waals surface area contributed by atoms with Gasteiger partial charge in [-0.05, 0) is 23.3 Å². The van der Waals surface area contributed by atoms with E-state index < -0.39 is 0 Å². The second kappa shape index (κ2) is 5.12. The van der Waals surface area contributed by atoms with Gasteiger partial charge in [0.25, 0.3) is 0 Å². The molecule has 1 N–H and O–H groups in total. The minimum absolute atomic E-state index is 0.881. The third-order valence-corrected chi connectivity index (χ3v) is 2.33. The maximum atomic E-state index is 5.10. The van der Waals surface area contributed by atoms with Gasteiger partial charge in [0.05, 0.1) is 7.11 Å². The number of pyridine rings is 1. The quantitative estimate of drug-likeness (QED) is 0.767. The summed E-state index contributed by atoms with van der Waals surface area (Å²) in [5.41, 5.74) is 2.34. The molecule has 2 heteroatoms. The van der Waals surface area contributed by atoms with Gasteiger partial charge < -0.3 is 4.74 Å². The number of hydrogen-bond acceptors (Lipinski definition) is 1. The molecule has 1 heterocycles. The van der Waals surface area contributed by atoms with Crippen LogP contribution >= 0.6 is 0 Å². The van der Waals surface area contributed by atoms with Crippen LogP contribution in [0.2, 0.25) is 0 Å². The first kappa shape index (κ1) is 10.4. The Morgan fingerprint density at radius 3 is 2.00 bits per heavy atom. The fourth-order valence-electron chi connectivity index (χ4n) is 1.42. The Bertz CT molecular complexity index is 460. The highest BCUT2D eigenvalue weighted by atomic mass is 16.5. The van der Waals surface area contributed by atoms with Crippen molar-refractivity contribution in [1.82, 2.24) is 0 Å². The second-order valence-corrected chi connectivity index (χ2v) is 3.44. The molecular formula is C14H14NO+. The number of nitrogens with one attached hydrogen (secondary N) is 1. The molecule has 2 aromatic rings. The Morgan fingerprint density at radius 2 is 1.44 bits per heavy atom. The highest BCUT2D eigenvalue weighted by molar-refractivity contribution is 5.69.